The van der Waals surface area contributed by atoms with Gasteiger partial charge in [0, 0.05) is 42.3 Å². The van der Waals surface area contributed by atoms with Crippen LogP contribution in [-0.4, -0.2) is 55.7 Å². The first-order valence-electron chi connectivity index (χ1n) is 6.14. The highest BCUT2D eigenvalue weighted by Crippen LogP contribution is 2.29. The second kappa shape index (κ2) is 4.68. The third-order valence-corrected chi connectivity index (χ3v) is 4.35. The fraction of sp³-hybridized carbons (Fsp3) is 0.583. The van der Waals surface area contributed by atoms with Gasteiger partial charge in [-0.25, -0.2) is 0 Å². The molecule has 97 valence electrons. The second-order valence-corrected chi connectivity index (χ2v) is 5.50. The molecule has 0 N–H and O–H groups in total. The average Bonchev–Trinajstić information content (AvgIpc) is 2.66. The Balaban J connectivity index is 1.91. The van der Waals surface area contributed by atoms with E-state index in [0.29, 0.717) is 0 Å². The van der Waals surface area contributed by atoms with Crippen molar-refractivity contribution in [3.8, 4) is 0 Å². The largest absolute Gasteiger partial charge is 0.378 e. The smallest absolute Gasteiger partial charge is 0.310 e. The number of amidine groups is 1. The van der Waals surface area contributed by atoms with E-state index in [9.17, 15) is 0 Å². The number of fused-ring (bicyclic) bond motifs is 1. The Morgan fingerprint density at radius 1 is 1.39 bits per heavy atom. The maximum Gasteiger partial charge on any atom is 0.310 e. The second-order valence-electron chi connectivity index (χ2n) is 4.75. The molecule has 3 aliphatic heterocycles. The van der Waals surface area contributed by atoms with Crippen LogP contribution in [0.15, 0.2) is 27.2 Å². The molecule has 3 rings (SSSR count). The molecule has 1 radical (unpaired) electrons. The van der Waals surface area contributed by atoms with Crippen LogP contribution < -0.4 is 4.90 Å². The van der Waals surface area contributed by atoms with E-state index in [-0.39, 0.29) is 0 Å². The van der Waals surface area contributed by atoms with Gasteiger partial charge in [0.05, 0.1) is 13.2 Å². The Kier molecular flexibility index (Phi) is 3.17. The van der Waals surface area contributed by atoms with Crippen molar-refractivity contribution in [2.24, 2.45) is 4.99 Å². The number of ether oxygens (including phenoxy) is 1. The van der Waals surface area contributed by atoms with Crippen molar-refractivity contribution in [3.63, 3.8) is 0 Å². The van der Waals surface area contributed by atoms with Gasteiger partial charge in [-0.15, -0.1) is 0 Å². The topological polar surface area (TPSA) is 34.0 Å². The maximum absolute atomic E-state index is 5.42. The van der Waals surface area contributed by atoms with Gasteiger partial charge in [0.15, 0.2) is 0 Å². The maximum atomic E-state index is 5.42. The summed E-state index contributed by atoms with van der Waals surface area (Å²) >= 11 is 3.62. The molecule has 0 aromatic heterocycles. The Hall–Kier alpha value is -0.850. The van der Waals surface area contributed by atoms with E-state index in [2.05, 4.69) is 48.9 Å². The summed E-state index contributed by atoms with van der Waals surface area (Å²) in [5.74, 6) is 1.05. The van der Waals surface area contributed by atoms with Crippen LogP contribution in [0.4, 0.5) is 0 Å². The Labute approximate surface area is 116 Å². The van der Waals surface area contributed by atoms with Gasteiger partial charge in [0.2, 0.25) is 6.67 Å². The molecule has 0 aromatic carbocycles. The van der Waals surface area contributed by atoms with Crippen molar-refractivity contribution < 1.29 is 4.74 Å². The fourth-order valence-electron chi connectivity index (χ4n) is 2.44. The SMILES string of the molecule is CC1=C(Br)[N+]2CN(C)C=C(N3CCOCC3)C2=N1. The highest BCUT2D eigenvalue weighted by atomic mass is 79.9. The first kappa shape index (κ1) is 12.2. The number of halogens is 1. The van der Waals surface area contributed by atoms with Gasteiger partial charge in [-0.1, -0.05) is 4.90 Å². The lowest BCUT2D eigenvalue weighted by Crippen LogP contribution is -2.50. The van der Waals surface area contributed by atoms with Gasteiger partial charge in [0.1, 0.15) is 11.4 Å². The van der Waals surface area contributed by atoms with E-state index in [1.165, 1.54) is 5.70 Å². The van der Waals surface area contributed by atoms with Gasteiger partial charge >= 0.3 is 5.84 Å². The molecule has 1 fully saturated rings. The summed E-state index contributed by atoms with van der Waals surface area (Å²) in [6, 6.07) is 0. The lowest BCUT2D eigenvalue weighted by atomic mass is 10.2. The Bertz CT molecular complexity index is 451. The van der Waals surface area contributed by atoms with Gasteiger partial charge in [-0.05, 0) is 6.92 Å². The van der Waals surface area contributed by atoms with Gasteiger partial charge in [0.25, 0.3) is 4.61 Å². The third-order valence-electron chi connectivity index (χ3n) is 3.35. The standard InChI is InChI=1S/C12H17BrN4O/c1-9-11(13)17-8-15(2)7-10(12(17)14-9)16-3-5-18-6-4-16/h7H,3-6,8H2,1-2H3/q+1. The Morgan fingerprint density at radius 3 is 2.83 bits per heavy atom. The molecule has 0 aromatic rings. The first-order chi connectivity index (χ1) is 8.66. The number of hydrogen-bond acceptors (Lipinski definition) is 5. The molecule has 6 heteroatoms. The summed E-state index contributed by atoms with van der Waals surface area (Å²) in [5, 5.41) is 0. The summed E-state index contributed by atoms with van der Waals surface area (Å²) in [4.78, 5) is 11.4. The normalized spacial score (nSPS) is 25.3. The van der Waals surface area contributed by atoms with Crippen LogP contribution in [0.2, 0.25) is 0 Å². The van der Waals surface area contributed by atoms with Gasteiger partial charge < -0.3 is 14.5 Å². The van der Waals surface area contributed by atoms with E-state index >= 15 is 0 Å². The first-order valence-corrected chi connectivity index (χ1v) is 6.94. The molecule has 3 heterocycles. The van der Waals surface area contributed by atoms with Crippen LogP contribution in [-0.2, 0) is 4.74 Å². The zero-order chi connectivity index (χ0) is 12.7. The van der Waals surface area contributed by atoms with E-state index < -0.39 is 0 Å². The molecule has 0 saturated carbocycles. The number of nitrogens with zero attached hydrogens (tertiary/aromatic N) is 4. The molecule has 0 amide bonds. The van der Waals surface area contributed by atoms with E-state index in [0.717, 1.165) is 49.1 Å². The lowest BCUT2D eigenvalue weighted by molar-refractivity contribution is 0.0547. The van der Waals surface area contributed by atoms with Crippen molar-refractivity contribution in [2.45, 2.75) is 6.92 Å². The highest BCUT2D eigenvalue weighted by molar-refractivity contribution is 9.11. The molecule has 5 nitrogen and oxygen atoms in total. The van der Waals surface area contributed by atoms with Crippen LogP contribution in [0.1, 0.15) is 6.92 Å². The zero-order valence-electron chi connectivity index (χ0n) is 10.7. The third kappa shape index (κ3) is 1.98. The summed E-state index contributed by atoms with van der Waals surface area (Å²) in [6.07, 6.45) is 2.18. The Morgan fingerprint density at radius 2 is 2.11 bits per heavy atom. The quantitative estimate of drug-likeness (QED) is 0.539. The van der Waals surface area contributed by atoms with Gasteiger partial charge in [-0.3, -0.25) is 0 Å². The van der Waals surface area contributed by atoms with E-state index in [1.807, 2.05) is 6.92 Å². The van der Waals surface area contributed by atoms with E-state index in [1.54, 1.807) is 0 Å². The van der Waals surface area contributed by atoms with Crippen molar-refractivity contribution in [3.05, 3.63) is 22.2 Å². The predicted molar refractivity (Wildman–Crippen MR) is 74.3 cm³/mol. The monoisotopic (exact) mass is 312 g/mol. The van der Waals surface area contributed by atoms with Crippen molar-refractivity contribution in [2.75, 3.05) is 40.0 Å². The molecule has 0 spiro atoms. The molecule has 1 saturated heterocycles. The molecule has 0 unspecified atom stereocenters. The van der Waals surface area contributed by atoms with Crippen molar-refractivity contribution >= 4 is 21.8 Å². The number of rotatable bonds is 1. The lowest BCUT2D eigenvalue weighted by Gasteiger charge is -2.33. The number of hydrogen-bond donors (Lipinski definition) is 0. The van der Waals surface area contributed by atoms with Crippen LogP contribution in [0, 0.1) is 0 Å². The molecular weight excluding hydrogens is 296 g/mol. The van der Waals surface area contributed by atoms with Crippen LogP contribution in [0.25, 0.3) is 0 Å². The average molecular weight is 313 g/mol. The molecular formula is C12H17BrN4O+. The fourth-order valence-corrected chi connectivity index (χ4v) is 2.80. The van der Waals surface area contributed by atoms with Crippen LogP contribution >= 0.6 is 15.9 Å². The van der Waals surface area contributed by atoms with Crippen molar-refractivity contribution in [1.82, 2.24) is 14.7 Å². The van der Waals surface area contributed by atoms with Gasteiger partial charge in [-0.2, -0.15) is 4.99 Å². The van der Waals surface area contributed by atoms with E-state index in [4.69, 9.17) is 4.74 Å². The highest BCUT2D eigenvalue weighted by Gasteiger charge is 2.43. The summed E-state index contributed by atoms with van der Waals surface area (Å²) in [5.41, 5.74) is 2.24. The minimum atomic E-state index is 0.794. The summed E-state index contributed by atoms with van der Waals surface area (Å²) in [7, 11) is 2.09. The van der Waals surface area contributed by atoms with Crippen LogP contribution in [0.3, 0.4) is 0 Å². The number of allylic oxidation sites excluding steroid dienone is 1. The molecule has 0 aliphatic carbocycles. The molecule has 0 bridgehead atoms. The summed E-state index contributed by atoms with van der Waals surface area (Å²) in [6.45, 7) is 6.33. The van der Waals surface area contributed by atoms with Crippen LogP contribution in [0.5, 0.6) is 0 Å². The molecule has 18 heavy (non-hydrogen) atoms. The molecule has 3 aliphatic rings. The zero-order valence-corrected chi connectivity index (χ0v) is 12.3. The minimum Gasteiger partial charge on any atom is -0.378 e. The summed E-state index contributed by atoms with van der Waals surface area (Å²) < 4.78 is 6.49. The number of morpholine rings is 1. The van der Waals surface area contributed by atoms with Crippen molar-refractivity contribution in [1.29, 1.82) is 0 Å². The predicted octanol–water partition coefficient (Wildman–Crippen LogP) is 1.20. The molecule has 0 atom stereocenters. The minimum absolute atomic E-state index is 0.794. The number of aliphatic imine (C=N–C) groups is 1.